The first-order valence-corrected chi connectivity index (χ1v) is 5.81. The van der Waals surface area contributed by atoms with Crippen LogP contribution in [0, 0.1) is 5.92 Å². The monoisotopic (exact) mass is 208 g/mol. The number of nitrogens with two attached hydrogens (primary N) is 1. The minimum absolute atomic E-state index is 0.495. The summed E-state index contributed by atoms with van der Waals surface area (Å²) in [5.74, 6) is 2.86. The van der Waals surface area contributed by atoms with Gasteiger partial charge in [0.1, 0.15) is 11.5 Å². The lowest BCUT2D eigenvalue weighted by atomic mass is 10.3. The maximum absolute atomic E-state index is 5.60. The normalized spacial score (nSPS) is 16.2. The first-order valence-electron chi connectivity index (χ1n) is 5.81. The predicted molar refractivity (Wildman–Crippen MR) is 60.3 cm³/mol. The maximum Gasteiger partial charge on any atom is 0.118 e. The van der Waals surface area contributed by atoms with Gasteiger partial charge in [-0.25, -0.2) is 0 Å². The zero-order chi connectivity index (χ0) is 10.7. The third kappa shape index (κ3) is 3.08. The summed E-state index contributed by atoms with van der Waals surface area (Å²) in [6.07, 6.45) is 2.81. The largest absolute Gasteiger partial charge is 0.463 e. The van der Waals surface area contributed by atoms with E-state index in [4.69, 9.17) is 10.2 Å². The van der Waals surface area contributed by atoms with Crippen LogP contribution in [0.4, 0.5) is 0 Å². The second-order valence-corrected chi connectivity index (χ2v) is 4.34. The highest BCUT2D eigenvalue weighted by Gasteiger charge is 2.23. The molecular formula is C12H20N2O. The van der Waals surface area contributed by atoms with Gasteiger partial charge in [0.05, 0.1) is 13.1 Å². The fourth-order valence-electron chi connectivity index (χ4n) is 1.81. The van der Waals surface area contributed by atoms with E-state index in [1.165, 1.54) is 19.4 Å². The molecule has 0 aromatic carbocycles. The van der Waals surface area contributed by atoms with Gasteiger partial charge in [-0.3, -0.25) is 4.90 Å². The average Bonchev–Trinajstić information content (AvgIpc) is 2.95. The minimum atomic E-state index is 0.495. The van der Waals surface area contributed by atoms with E-state index in [0.717, 1.165) is 30.5 Å². The van der Waals surface area contributed by atoms with Crippen LogP contribution in [-0.4, -0.2) is 18.0 Å². The molecule has 1 aliphatic rings. The summed E-state index contributed by atoms with van der Waals surface area (Å²) >= 11 is 0. The predicted octanol–water partition coefficient (Wildman–Crippen LogP) is 1.97. The average molecular weight is 208 g/mol. The van der Waals surface area contributed by atoms with E-state index in [1.807, 2.05) is 12.1 Å². The second kappa shape index (κ2) is 4.81. The van der Waals surface area contributed by atoms with Gasteiger partial charge in [0.2, 0.25) is 0 Å². The van der Waals surface area contributed by atoms with Crippen molar-refractivity contribution >= 4 is 0 Å². The summed E-state index contributed by atoms with van der Waals surface area (Å²) in [7, 11) is 0. The Labute approximate surface area is 91.2 Å². The fraction of sp³-hybridized carbons (Fsp3) is 0.667. The lowest BCUT2D eigenvalue weighted by molar-refractivity contribution is 0.243. The molecule has 1 aliphatic carbocycles. The standard InChI is InChI=1S/C12H20N2O/c1-2-14(8-10-3-4-10)9-12-6-5-11(7-13)15-12/h5-6,10H,2-4,7-9,13H2,1H3. The van der Waals surface area contributed by atoms with E-state index in [1.54, 1.807) is 0 Å². The zero-order valence-electron chi connectivity index (χ0n) is 9.41. The lowest BCUT2D eigenvalue weighted by Crippen LogP contribution is -2.24. The van der Waals surface area contributed by atoms with Crippen molar-refractivity contribution in [3.05, 3.63) is 23.7 Å². The number of furan rings is 1. The summed E-state index contributed by atoms with van der Waals surface area (Å²) in [6, 6.07) is 4.01. The van der Waals surface area contributed by atoms with E-state index in [0.29, 0.717) is 6.54 Å². The van der Waals surface area contributed by atoms with Gasteiger partial charge in [0, 0.05) is 6.54 Å². The summed E-state index contributed by atoms with van der Waals surface area (Å²) in [4.78, 5) is 2.44. The first kappa shape index (κ1) is 10.7. The highest BCUT2D eigenvalue weighted by Crippen LogP contribution is 2.30. The van der Waals surface area contributed by atoms with Crippen molar-refractivity contribution in [2.75, 3.05) is 13.1 Å². The highest BCUT2D eigenvalue weighted by atomic mass is 16.3. The second-order valence-electron chi connectivity index (χ2n) is 4.34. The number of nitrogens with zero attached hydrogens (tertiary/aromatic N) is 1. The summed E-state index contributed by atoms with van der Waals surface area (Å²) in [6.45, 7) is 5.93. The van der Waals surface area contributed by atoms with Gasteiger partial charge in [-0.2, -0.15) is 0 Å². The van der Waals surface area contributed by atoms with Gasteiger partial charge >= 0.3 is 0 Å². The van der Waals surface area contributed by atoms with Gasteiger partial charge in [0.15, 0.2) is 0 Å². The number of rotatable bonds is 6. The lowest BCUT2D eigenvalue weighted by Gasteiger charge is -2.18. The van der Waals surface area contributed by atoms with Gasteiger partial charge < -0.3 is 10.2 Å². The number of hydrogen-bond acceptors (Lipinski definition) is 3. The van der Waals surface area contributed by atoms with Crippen LogP contribution in [0.2, 0.25) is 0 Å². The minimum Gasteiger partial charge on any atom is -0.463 e. The quantitative estimate of drug-likeness (QED) is 0.777. The summed E-state index contributed by atoms with van der Waals surface area (Å²) < 4.78 is 5.60. The molecule has 0 radical (unpaired) electrons. The topological polar surface area (TPSA) is 42.4 Å². The molecule has 0 spiro atoms. The zero-order valence-corrected chi connectivity index (χ0v) is 9.41. The van der Waals surface area contributed by atoms with Crippen molar-refractivity contribution in [1.29, 1.82) is 0 Å². The molecule has 0 bridgehead atoms. The Morgan fingerprint density at radius 3 is 2.67 bits per heavy atom. The molecule has 2 rings (SSSR count). The molecule has 1 heterocycles. The van der Waals surface area contributed by atoms with Gasteiger partial charge in [-0.15, -0.1) is 0 Å². The van der Waals surface area contributed by atoms with E-state index < -0.39 is 0 Å². The van der Waals surface area contributed by atoms with Crippen LogP contribution >= 0.6 is 0 Å². The van der Waals surface area contributed by atoms with Crippen molar-refractivity contribution in [2.45, 2.75) is 32.9 Å². The van der Waals surface area contributed by atoms with Crippen molar-refractivity contribution in [2.24, 2.45) is 11.7 Å². The maximum atomic E-state index is 5.60. The Morgan fingerprint density at radius 2 is 2.13 bits per heavy atom. The smallest absolute Gasteiger partial charge is 0.118 e. The SMILES string of the molecule is CCN(Cc1ccc(CN)o1)CC1CC1. The molecule has 1 aromatic rings. The summed E-state index contributed by atoms with van der Waals surface area (Å²) in [5.41, 5.74) is 5.51. The van der Waals surface area contributed by atoms with Crippen molar-refractivity contribution in [1.82, 2.24) is 4.90 Å². The van der Waals surface area contributed by atoms with Crippen molar-refractivity contribution < 1.29 is 4.42 Å². The van der Waals surface area contributed by atoms with E-state index in [9.17, 15) is 0 Å². The molecule has 3 nitrogen and oxygen atoms in total. The Hall–Kier alpha value is -0.800. The Kier molecular flexibility index (Phi) is 3.44. The Balaban J connectivity index is 1.86. The molecule has 0 atom stereocenters. The molecule has 0 aliphatic heterocycles. The summed E-state index contributed by atoms with van der Waals surface area (Å²) in [5, 5.41) is 0. The van der Waals surface area contributed by atoms with E-state index in [-0.39, 0.29) is 0 Å². The molecule has 0 saturated heterocycles. The van der Waals surface area contributed by atoms with Gasteiger partial charge in [0.25, 0.3) is 0 Å². The number of hydrogen-bond donors (Lipinski definition) is 1. The van der Waals surface area contributed by atoms with Gasteiger partial charge in [-0.05, 0) is 37.4 Å². The van der Waals surface area contributed by atoms with Crippen LogP contribution in [0.3, 0.4) is 0 Å². The Morgan fingerprint density at radius 1 is 1.40 bits per heavy atom. The molecule has 2 N–H and O–H groups in total. The third-order valence-corrected chi connectivity index (χ3v) is 2.96. The van der Waals surface area contributed by atoms with Crippen LogP contribution in [0.5, 0.6) is 0 Å². The molecule has 84 valence electrons. The van der Waals surface area contributed by atoms with E-state index >= 15 is 0 Å². The molecule has 1 aromatic heterocycles. The molecular weight excluding hydrogens is 188 g/mol. The van der Waals surface area contributed by atoms with Crippen LogP contribution in [0.15, 0.2) is 16.5 Å². The molecule has 1 fully saturated rings. The highest BCUT2D eigenvalue weighted by molar-refractivity contribution is 5.06. The third-order valence-electron chi connectivity index (χ3n) is 2.96. The Bertz CT molecular complexity index is 304. The van der Waals surface area contributed by atoms with Crippen molar-refractivity contribution in [3.63, 3.8) is 0 Å². The molecule has 1 saturated carbocycles. The van der Waals surface area contributed by atoms with Crippen LogP contribution < -0.4 is 5.73 Å². The first-order chi connectivity index (χ1) is 7.31. The fourth-order valence-corrected chi connectivity index (χ4v) is 1.81. The van der Waals surface area contributed by atoms with Crippen LogP contribution in [-0.2, 0) is 13.1 Å². The van der Waals surface area contributed by atoms with Gasteiger partial charge in [-0.1, -0.05) is 6.92 Å². The van der Waals surface area contributed by atoms with Crippen LogP contribution in [0.25, 0.3) is 0 Å². The molecule has 0 unspecified atom stereocenters. The van der Waals surface area contributed by atoms with E-state index in [2.05, 4.69) is 11.8 Å². The molecule has 15 heavy (non-hydrogen) atoms. The molecule has 3 heteroatoms. The van der Waals surface area contributed by atoms with Crippen LogP contribution in [0.1, 0.15) is 31.3 Å². The molecule has 0 amide bonds. The van der Waals surface area contributed by atoms with Crippen molar-refractivity contribution in [3.8, 4) is 0 Å².